The number of nitrogens with one attached hydrogen (secondary N) is 1. The first kappa shape index (κ1) is 19.2. The highest BCUT2D eigenvalue weighted by molar-refractivity contribution is 5.94. The number of aromatic nitrogens is 1. The summed E-state index contributed by atoms with van der Waals surface area (Å²) >= 11 is 0. The van der Waals surface area contributed by atoms with Crippen LogP contribution in [0.25, 0.3) is 10.9 Å². The molecule has 2 aromatic carbocycles. The van der Waals surface area contributed by atoms with Crippen molar-refractivity contribution in [1.82, 2.24) is 14.8 Å². The first-order valence-electron chi connectivity index (χ1n) is 10.00. The molecule has 1 fully saturated rings. The molecule has 29 heavy (non-hydrogen) atoms. The molecule has 2 heterocycles. The second-order valence-electron chi connectivity index (χ2n) is 7.37. The number of benzene rings is 2. The van der Waals surface area contributed by atoms with Crippen LogP contribution in [0, 0.1) is 5.82 Å². The van der Waals surface area contributed by atoms with E-state index in [2.05, 4.69) is 11.1 Å². The first-order chi connectivity index (χ1) is 14.1. The number of nitrogens with zero attached hydrogens (tertiary/aromatic N) is 2. The smallest absolute Gasteiger partial charge is 0.256 e. The fourth-order valence-corrected chi connectivity index (χ4v) is 3.89. The van der Waals surface area contributed by atoms with Crippen LogP contribution in [0.1, 0.15) is 28.8 Å². The van der Waals surface area contributed by atoms with E-state index in [1.807, 2.05) is 24.4 Å². The molecule has 0 radical (unpaired) electrons. The summed E-state index contributed by atoms with van der Waals surface area (Å²) in [5.41, 5.74) is 2.43. The van der Waals surface area contributed by atoms with Crippen molar-refractivity contribution in [1.29, 1.82) is 0 Å². The molecule has 3 aromatic rings. The third-order valence-electron chi connectivity index (χ3n) is 5.54. The maximum atomic E-state index is 13.8. The average molecular weight is 393 g/mol. The zero-order valence-electron chi connectivity index (χ0n) is 16.2. The lowest BCUT2D eigenvalue weighted by Gasteiger charge is -2.35. The largest absolute Gasteiger partial charge is 0.361 e. The second-order valence-corrected chi connectivity index (χ2v) is 7.37. The lowest BCUT2D eigenvalue weighted by molar-refractivity contribution is -0.132. The van der Waals surface area contributed by atoms with Crippen molar-refractivity contribution in [2.24, 2.45) is 0 Å². The summed E-state index contributed by atoms with van der Waals surface area (Å²) < 4.78 is 13.8. The van der Waals surface area contributed by atoms with Crippen LogP contribution in [-0.2, 0) is 11.2 Å². The molecule has 1 N–H and O–H groups in total. The average Bonchev–Trinajstić information content (AvgIpc) is 3.17. The number of carbonyl (C=O) groups is 2. The fourth-order valence-electron chi connectivity index (χ4n) is 3.89. The number of amides is 2. The van der Waals surface area contributed by atoms with Crippen LogP contribution in [0.4, 0.5) is 4.39 Å². The number of aryl methyl sites for hydroxylation is 1. The molecule has 0 saturated carbocycles. The molecular formula is C23H24FN3O2. The van der Waals surface area contributed by atoms with Crippen LogP contribution in [0.5, 0.6) is 0 Å². The van der Waals surface area contributed by atoms with Gasteiger partial charge in [-0.25, -0.2) is 4.39 Å². The van der Waals surface area contributed by atoms with E-state index in [1.54, 1.807) is 21.9 Å². The standard InChI is InChI=1S/C23H24FN3O2/c24-20-9-3-1-8-19(20)23(29)27-14-12-26(13-15-27)22(28)11-5-6-17-16-25-21-10-4-2-7-18(17)21/h1-4,7-10,16,25H,5-6,11-15H2. The Morgan fingerprint density at radius 1 is 0.931 bits per heavy atom. The quantitative estimate of drug-likeness (QED) is 0.720. The van der Waals surface area contributed by atoms with Gasteiger partial charge < -0.3 is 14.8 Å². The molecular weight excluding hydrogens is 369 g/mol. The maximum absolute atomic E-state index is 13.8. The summed E-state index contributed by atoms with van der Waals surface area (Å²) in [6.45, 7) is 1.85. The Bertz CT molecular complexity index is 1020. The summed E-state index contributed by atoms with van der Waals surface area (Å²) in [6, 6.07) is 14.2. The van der Waals surface area contributed by atoms with Gasteiger partial charge in [-0.15, -0.1) is 0 Å². The molecule has 4 rings (SSSR count). The van der Waals surface area contributed by atoms with Gasteiger partial charge in [-0.3, -0.25) is 9.59 Å². The van der Waals surface area contributed by atoms with Gasteiger partial charge in [0.25, 0.3) is 5.91 Å². The number of piperazine rings is 1. The van der Waals surface area contributed by atoms with E-state index < -0.39 is 5.82 Å². The number of H-pyrrole nitrogens is 1. The number of aromatic amines is 1. The topological polar surface area (TPSA) is 56.4 Å². The summed E-state index contributed by atoms with van der Waals surface area (Å²) in [5.74, 6) is -0.703. The maximum Gasteiger partial charge on any atom is 0.256 e. The number of halogens is 1. The lowest BCUT2D eigenvalue weighted by atomic mass is 10.1. The highest BCUT2D eigenvalue weighted by Gasteiger charge is 2.25. The molecule has 0 atom stereocenters. The van der Waals surface area contributed by atoms with Crippen LogP contribution in [0.2, 0.25) is 0 Å². The summed E-state index contributed by atoms with van der Waals surface area (Å²) in [5, 5.41) is 1.21. The molecule has 0 unspecified atom stereocenters. The molecule has 2 amide bonds. The minimum absolute atomic E-state index is 0.0889. The van der Waals surface area contributed by atoms with E-state index in [-0.39, 0.29) is 17.4 Å². The molecule has 5 nitrogen and oxygen atoms in total. The number of carbonyl (C=O) groups excluding carboxylic acids is 2. The van der Waals surface area contributed by atoms with E-state index in [0.29, 0.717) is 32.6 Å². The molecule has 150 valence electrons. The molecule has 6 heteroatoms. The number of fused-ring (bicyclic) bond motifs is 1. The van der Waals surface area contributed by atoms with Gasteiger partial charge in [0.2, 0.25) is 5.91 Å². The molecule has 0 aliphatic carbocycles. The highest BCUT2D eigenvalue weighted by Crippen LogP contribution is 2.20. The van der Waals surface area contributed by atoms with Crippen LogP contribution in [0.15, 0.2) is 54.7 Å². The van der Waals surface area contributed by atoms with Crippen molar-refractivity contribution in [2.75, 3.05) is 26.2 Å². The summed E-state index contributed by atoms with van der Waals surface area (Å²) in [4.78, 5) is 31.7. The minimum Gasteiger partial charge on any atom is -0.361 e. The van der Waals surface area contributed by atoms with Gasteiger partial charge >= 0.3 is 0 Å². The molecule has 1 saturated heterocycles. The Balaban J connectivity index is 1.26. The van der Waals surface area contributed by atoms with Crippen molar-refractivity contribution in [3.63, 3.8) is 0 Å². The third kappa shape index (κ3) is 4.16. The normalized spacial score (nSPS) is 14.4. The third-order valence-corrected chi connectivity index (χ3v) is 5.54. The summed E-state index contributed by atoms with van der Waals surface area (Å²) in [7, 11) is 0. The van der Waals surface area contributed by atoms with Gasteiger partial charge in [-0.2, -0.15) is 0 Å². The minimum atomic E-state index is -0.506. The number of hydrogen-bond acceptors (Lipinski definition) is 2. The van der Waals surface area contributed by atoms with E-state index in [4.69, 9.17) is 0 Å². The zero-order chi connectivity index (χ0) is 20.2. The Labute approximate surface area is 169 Å². The number of rotatable bonds is 5. The summed E-state index contributed by atoms with van der Waals surface area (Å²) in [6.07, 6.45) is 4.14. The fraction of sp³-hybridized carbons (Fsp3) is 0.304. The van der Waals surface area contributed by atoms with Crippen LogP contribution >= 0.6 is 0 Å². The molecule has 0 spiro atoms. The molecule has 1 aliphatic rings. The Morgan fingerprint density at radius 2 is 1.62 bits per heavy atom. The van der Waals surface area contributed by atoms with Crippen LogP contribution in [0.3, 0.4) is 0 Å². The lowest BCUT2D eigenvalue weighted by Crippen LogP contribution is -2.50. The van der Waals surface area contributed by atoms with Crippen molar-refractivity contribution >= 4 is 22.7 Å². The SMILES string of the molecule is O=C(CCCc1c[nH]c2ccccc12)N1CCN(C(=O)c2ccccc2F)CC1. The van der Waals surface area contributed by atoms with Gasteiger partial charge in [0, 0.05) is 49.7 Å². The first-order valence-corrected chi connectivity index (χ1v) is 10.00. The van der Waals surface area contributed by atoms with Crippen molar-refractivity contribution in [3.8, 4) is 0 Å². The Kier molecular flexibility index (Phi) is 5.60. The van der Waals surface area contributed by atoms with Crippen molar-refractivity contribution in [3.05, 3.63) is 71.7 Å². The number of hydrogen-bond donors (Lipinski definition) is 1. The van der Waals surface area contributed by atoms with Gasteiger partial charge in [0.05, 0.1) is 5.56 Å². The molecule has 1 aromatic heterocycles. The van der Waals surface area contributed by atoms with Gasteiger partial charge in [0.15, 0.2) is 0 Å². The number of para-hydroxylation sites is 1. The predicted molar refractivity (Wildman–Crippen MR) is 110 cm³/mol. The van der Waals surface area contributed by atoms with Crippen LogP contribution in [-0.4, -0.2) is 52.8 Å². The molecule has 1 aliphatic heterocycles. The Morgan fingerprint density at radius 3 is 2.41 bits per heavy atom. The van der Waals surface area contributed by atoms with E-state index >= 15 is 0 Å². The van der Waals surface area contributed by atoms with E-state index in [9.17, 15) is 14.0 Å². The van der Waals surface area contributed by atoms with Crippen molar-refractivity contribution in [2.45, 2.75) is 19.3 Å². The predicted octanol–water partition coefficient (Wildman–Crippen LogP) is 3.61. The van der Waals surface area contributed by atoms with Gasteiger partial charge in [-0.1, -0.05) is 30.3 Å². The van der Waals surface area contributed by atoms with E-state index in [0.717, 1.165) is 18.4 Å². The van der Waals surface area contributed by atoms with Crippen molar-refractivity contribution < 1.29 is 14.0 Å². The molecule has 0 bridgehead atoms. The Hall–Kier alpha value is -3.15. The van der Waals surface area contributed by atoms with Crippen LogP contribution < -0.4 is 0 Å². The zero-order valence-corrected chi connectivity index (χ0v) is 16.2. The monoisotopic (exact) mass is 393 g/mol. The highest BCUT2D eigenvalue weighted by atomic mass is 19.1. The second kappa shape index (κ2) is 8.47. The van der Waals surface area contributed by atoms with Gasteiger partial charge in [0.1, 0.15) is 5.82 Å². The van der Waals surface area contributed by atoms with Gasteiger partial charge in [-0.05, 0) is 36.6 Å². The van der Waals surface area contributed by atoms with E-state index in [1.165, 1.54) is 23.1 Å².